The number of nitrogen functional groups attached to an aromatic ring is 1. The lowest BCUT2D eigenvalue weighted by molar-refractivity contribution is -0.384. The van der Waals surface area contributed by atoms with E-state index >= 15 is 0 Å². The molecule has 0 radical (unpaired) electrons. The topological polar surface area (TPSA) is 109 Å². The first-order chi connectivity index (χ1) is 9.35. The largest absolute Gasteiger partial charge is 0.360 e. The lowest BCUT2D eigenvalue weighted by Crippen LogP contribution is -2.37. The summed E-state index contributed by atoms with van der Waals surface area (Å²) in [5.74, 6) is 6.21. The first kappa shape index (κ1) is 16.1. The molecule has 8 nitrogen and oxygen atoms in total. The van der Waals surface area contributed by atoms with Crippen LogP contribution in [-0.4, -0.2) is 41.5 Å². The fraction of sp³-hybridized carbons (Fsp3) is 0.583. The van der Waals surface area contributed by atoms with Crippen molar-refractivity contribution in [3.8, 4) is 0 Å². The van der Waals surface area contributed by atoms with Gasteiger partial charge in [0.05, 0.1) is 4.92 Å². The molecule has 0 spiro atoms. The average molecular weight is 282 g/mol. The maximum absolute atomic E-state index is 11.1. The van der Waals surface area contributed by atoms with Gasteiger partial charge in [0.15, 0.2) is 0 Å². The SMILES string of the molecule is CC(C)C(CN(C)C)Nc1nc(NN)ccc1[N+](=O)[O-]. The molecule has 1 heterocycles. The van der Waals surface area contributed by atoms with Crippen molar-refractivity contribution in [2.75, 3.05) is 31.4 Å². The molecular formula is C12H22N6O2. The fourth-order valence-electron chi connectivity index (χ4n) is 1.78. The Labute approximate surface area is 118 Å². The maximum Gasteiger partial charge on any atom is 0.311 e. The van der Waals surface area contributed by atoms with E-state index < -0.39 is 4.92 Å². The summed E-state index contributed by atoms with van der Waals surface area (Å²) in [6, 6.07) is 2.90. The first-order valence-electron chi connectivity index (χ1n) is 6.38. The van der Waals surface area contributed by atoms with Crippen LogP contribution < -0.4 is 16.6 Å². The number of hydrazine groups is 1. The van der Waals surface area contributed by atoms with Gasteiger partial charge >= 0.3 is 5.69 Å². The Hall–Kier alpha value is -1.93. The van der Waals surface area contributed by atoms with Gasteiger partial charge in [0.25, 0.3) is 0 Å². The molecule has 1 atom stereocenters. The number of pyridine rings is 1. The zero-order valence-electron chi connectivity index (χ0n) is 12.3. The van der Waals surface area contributed by atoms with E-state index in [1.54, 1.807) is 0 Å². The number of nitro groups is 1. The van der Waals surface area contributed by atoms with Gasteiger partial charge in [-0.25, -0.2) is 10.8 Å². The van der Waals surface area contributed by atoms with Crippen molar-refractivity contribution in [2.24, 2.45) is 11.8 Å². The van der Waals surface area contributed by atoms with E-state index in [4.69, 9.17) is 5.84 Å². The van der Waals surface area contributed by atoms with E-state index in [-0.39, 0.29) is 17.5 Å². The molecule has 0 aliphatic heterocycles. The second kappa shape index (κ2) is 7.01. The first-order valence-corrected chi connectivity index (χ1v) is 6.38. The molecule has 0 bridgehead atoms. The number of likely N-dealkylation sites (N-methyl/N-ethyl adjacent to an activating group) is 1. The monoisotopic (exact) mass is 282 g/mol. The number of hydrogen-bond acceptors (Lipinski definition) is 7. The van der Waals surface area contributed by atoms with Crippen molar-refractivity contribution in [3.63, 3.8) is 0 Å². The third-order valence-corrected chi connectivity index (χ3v) is 2.91. The second-order valence-corrected chi connectivity index (χ2v) is 5.22. The highest BCUT2D eigenvalue weighted by Gasteiger charge is 2.21. The van der Waals surface area contributed by atoms with Gasteiger partial charge in [0.1, 0.15) is 5.82 Å². The Kier molecular flexibility index (Phi) is 5.66. The molecule has 1 rings (SSSR count). The summed E-state index contributed by atoms with van der Waals surface area (Å²) in [7, 11) is 3.91. The molecule has 0 fully saturated rings. The van der Waals surface area contributed by atoms with E-state index in [2.05, 4.69) is 29.6 Å². The van der Waals surface area contributed by atoms with Crippen molar-refractivity contribution < 1.29 is 4.92 Å². The molecule has 112 valence electrons. The number of anilines is 2. The van der Waals surface area contributed by atoms with Crippen molar-refractivity contribution in [1.29, 1.82) is 0 Å². The molecule has 0 aliphatic rings. The summed E-state index contributed by atoms with van der Waals surface area (Å²) in [5, 5.41) is 14.2. The van der Waals surface area contributed by atoms with Gasteiger partial charge in [0, 0.05) is 18.7 Å². The van der Waals surface area contributed by atoms with Crippen LogP contribution in [0.4, 0.5) is 17.3 Å². The molecule has 0 saturated heterocycles. The van der Waals surface area contributed by atoms with Crippen LogP contribution in [0, 0.1) is 16.0 Å². The number of nitrogens with zero attached hydrogens (tertiary/aromatic N) is 3. The standard InChI is InChI=1S/C12H22N6O2/c1-8(2)9(7-17(3)4)14-12-10(18(19)20)5-6-11(15-12)16-13/h5-6,8-9H,7,13H2,1-4H3,(H2,14,15,16). The van der Waals surface area contributed by atoms with Crippen LogP contribution in [0.15, 0.2) is 12.1 Å². The number of nitrogens with two attached hydrogens (primary N) is 1. The highest BCUT2D eigenvalue weighted by atomic mass is 16.6. The van der Waals surface area contributed by atoms with Gasteiger partial charge in [-0.2, -0.15) is 0 Å². The van der Waals surface area contributed by atoms with Crippen molar-refractivity contribution in [2.45, 2.75) is 19.9 Å². The zero-order valence-corrected chi connectivity index (χ0v) is 12.3. The van der Waals surface area contributed by atoms with Gasteiger partial charge in [-0.15, -0.1) is 0 Å². The summed E-state index contributed by atoms with van der Waals surface area (Å²) in [4.78, 5) is 16.8. The van der Waals surface area contributed by atoms with Gasteiger partial charge in [-0.1, -0.05) is 13.8 Å². The molecule has 0 aromatic carbocycles. The zero-order chi connectivity index (χ0) is 15.3. The molecule has 0 aliphatic carbocycles. The molecule has 1 aromatic heterocycles. The molecule has 1 unspecified atom stereocenters. The molecular weight excluding hydrogens is 260 g/mol. The van der Waals surface area contributed by atoms with Gasteiger partial charge in [0.2, 0.25) is 5.82 Å². The lowest BCUT2D eigenvalue weighted by Gasteiger charge is -2.26. The average Bonchev–Trinajstić information content (AvgIpc) is 2.36. The van der Waals surface area contributed by atoms with E-state index in [9.17, 15) is 10.1 Å². The van der Waals surface area contributed by atoms with E-state index in [0.717, 1.165) is 6.54 Å². The van der Waals surface area contributed by atoms with Crippen molar-refractivity contribution >= 4 is 17.3 Å². The Morgan fingerprint density at radius 1 is 1.45 bits per heavy atom. The molecule has 8 heteroatoms. The summed E-state index contributed by atoms with van der Waals surface area (Å²) in [6.07, 6.45) is 0. The number of hydrogen-bond donors (Lipinski definition) is 3. The smallest absolute Gasteiger partial charge is 0.311 e. The van der Waals surface area contributed by atoms with Crippen molar-refractivity contribution in [3.05, 3.63) is 22.2 Å². The summed E-state index contributed by atoms with van der Waals surface area (Å²) < 4.78 is 0. The number of rotatable bonds is 7. The van der Waals surface area contributed by atoms with Gasteiger partial charge < -0.3 is 15.6 Å². The quantitative estimate of drug-likeness (QED) is 0.392. The van der Waals surface area contributed by atoms with Gasteiger partial charge in [-0.3, -0.25) is 10.1 Å². The summed E-state index contributed by atoms with van der Waals surface area (Å²) >= 11 is 0. The number of aromatic nitrogens is 1. The summed E-state index contributed by atoms with van der Waals surface area (Å²) in [6.45, 7) is 4.85. The Balaban J connectivity index is 3.05. The van der Waals surface area contributed by atoms with Crippen LogP contribution in [0.25, 0.3) is 0 Å². The van der Waals surface area contributed by atoms with Crippen LogP contribution in [0.1, 0.15) is 13.8 Å². The molecule has 20 heavy (non-hydrogen) atoms. The second-order valence-electron chi connectivity index (χ2n) is 5.22. The predicted molar refractivity (Wildman–Crippen MR) is 79.5 cm³/mol. The molecule has 4 N–H and O–H groups in total. The normalized spacial score (nSPS) is 12.6. The predicted octanol–water partition coefficient (Wildman–Crippen LogP) is 1.27. The van der Waals surface area contributed by atoms with Crippen LogP contribution in [0.2, 0.25) is 0 Å². The van der Waals surface area contributed by atoms with E-state index in [0.29, 0.717) is 11.7 Å². The Bertz CT molecular complexity index is 463. The van der Waals surface area contributed by atoms with Gasteiger partial charge in [-0.05, 0) is 26.1 Å². The summed E-state index contributed by atoms with van der Waals surface area (Å²) in [5.41, 5.74) is 2.33. The minimum Gasteiger partial charge on any atom is -0.360 e. The lowest BCUT2D eigenvalue weighted by atomic mass is 10.0. The van der Waals surface area contributed by atoms with Crippen LogP contribution in [-0.2, 0) is 0 Å². The van der Waals surface area contributed by atoms with E-state index in [1.165, 1.54) is 12.1 Å². The third-order valence-electron chi connectivity index (χ3n) is 2.91. The highest BCUT2D eigenvalue weighted by molar-refractivity contribution is 5.60. The fourth-order valence-corrected chi connectivity index (χ4v) is 1.78. The van der Waals surface area contributed by atoms with Crippen LogP contribution in [0.5, 0.6) is 0 Å². The van der Waals surface area contributed by atoms with Crippen molar-refractivity contribution in [1.82, 2.24) is 9.88 Å². The van der Waals surface area contributed by atoms with Crippen LogP contribution in [0.3, 0.4) is 0 Å². The number of nitrogens with one attached hydrogen (secondary N) is 2. The molecule has 0 saturated carbocycles. The minimum atomic E-state index is -0.456. The highest BCUT2D eigenvalue weighted by Crippen LogP contribution is 2.25. The molecule has 1 aromatic rings. The maximum atomic E-state index is 11.1. The Morgan fingerprint density at radius 2 is 2.10 bits per heavy atom. The van der Waals surface area contributed by atoms with E-state index in [1.807, 2.05) is 19.0 Å². The molecule has 0 amide bonds. The van der Waals surface area contributed by atoms with Crippen LogP contribution >= 0.6 is 0 Å². The Morgan fingerprint density at radius 3 is 2.55 bits per heavy atom. The third kappa shape index (κ3) is 4.32. The minimum absolute atomic E-state index is 0.0456.